The van der Waals surface area contributed by atoms with E-state index < -0.39 is 22.8 Å². The number of aliphatic hydroxyl groups is 1. The van der Waals surface area contributed by atoms with Gasteiger partial charge in [-0.1, -0.05) is 11.3 Å². The Morgan fingerprint density at radius 2 is 1.88 bits per heavy atom. The van der Waals surface area contributed by atoms with Crippen LogP contribution in [0.1, 0.15) is 31.5 Å². The Kier molecular flexibility index (Phi) is 6.31. The van der Waals surface area contributed by atoms with Gasteiger partial charge in [-0.3, -0.25) is 4.98 Å². The van der Waals surface area contributed by atoms with E-state index in [0.29, 0.717) is 35.7 Å². The van der Waals surface area contributed by atoms with E-state index in [4.69, 9.17) is 9.47 Å². The average Bonchev–Trinajstić information content (AvgIpc) is 3.39. The zero-order chi connectivity index (χ0) is 28.1. The van der Waals surface area contributed by atoms with Crippen LogP contribution in [0.2, 0.25) is 0 Å². The molecule has 0 saturated carbocycles. The molecule has 0 spiro atoms. The van der Waals surface area contributed by atoms with Crippen LogP contribution in [-0.2, 0) is 22.5 Å². The highest BCUT2D eigenvalue weighted by atomic mass is 19.1. The van der Waals surface area contributed by atoms with E-state index in [0.717, 1.165) is 16.5 Å². The second kappa shape index (κ2) is 9.72. The van der Waals surface area contributed by atoms with Gasteiger partial charge in [0.1, 0.15) is 34.1 Å². The molecule has 204 valence electrons. The SMILES string of the molecule is COc1cc(-c2cn(C[C@@]3(c4cc(C(C)(C)O)c(F)c(-c5ccc(F)cc5)n4)CCO3)nn2)cc2cccnc12. The van der Waals surface area contributed by atoms with E-state index in [1.54, 1.807) is 24.1 Å². The van der Waals surface area contributed by atoms with Crippen molar-refractivity contribution >= 4 is 10.9 Å². The van der Waals surface area contributed by atoms with Crippen molar-refractivity contribution in [1.82, 2.24) is 25.0 Å². The number of fused-ring (bicyclic) bond motifs is 1. The standard InChI is InChI=1S/C30H27F2N5O3/c1-29(2,38)22-15-25(34-28(26(22)32)18-6-8-21(31)9-7-18)30(10-12-40-30)17-37-16-23(35-36-37)20-13-19-5-4-11-33-27(19)24(14-20)39-3/h4-9,11,13-16,38H,10,12,17H2,1-3H3/t30-/m1/s1. The van der Waals surface area contributed by atoms with Crippen LogP contribution in [0, 0.1) is 11.6 Å². The monoisotopic (exact) mass is 543 g/mol. The third kappa shape index (κ3) is 4.59. The molecule has 2 aromatic carbocycles. The molecule has 1 aliphatic heterocycles. The number of hydrogen-bond acceptors (Lipinski definition) is 7. The Bertz CT molecular complexity index is 1710. The summed E-state index contributed by atoms with van der Waals surface area (Å²) in [5.41, 5.74) is 0.721. The molecule has 10 heteroatoms. The van der Waals surface area contributed by atoms with Crippen molar-refractivity contribution in [3.05, 3.63) is 89.9 Å². The van der Waals surface area contributed by atoms with E-state index in [2.05, 4.69) is 20.3 Å². The number of pyridine rings is 2. The summed E-state index contributed by atoms with van der Waals surface area (Å²) in [6.45, 7) is 3.77. The molecule has 8 nitrogen and oxygen atoms in total. The van der Waals surface area contributed by atoms with Crippen LogP contribution in [-0.4, -0.2) is 43.8 Å². The van der Waals surface area contributed by atoms with Gasteiger partial charge < -0.3 is 14.6 Å². The Morgan fingerprint density at radius 1 is 1.10 bits per heavy atom. The minimum Gasteiger partial charge on any atom is -0.494 e. The first-order chi connectivity index (χ1) is 19.2. The summed E-state index contributed by atoms with van der Waals surface area (Å²) in [5.74, 6) is -0.478. The van der Waals surface area contributed by atoms with Crippen molar-refractivity contribution in [1.29, 1.82) is 0 Å². The second-order valence-electron chi connectivity index (χ2n) is 10.4. The van der Waals surface area contributed by atoms with Gasteiger partial charge in [0, 0.05) is 34.7 Å². The fraction of sp³-hybridized carbons (Fsp3) is 0.267. The number of rotatable bonds is 7. The molecular weight excluding hydrogens is 516 g/mol. The van der Waals surface area contributed by atoms with Crippen molar-refractivity contribution in [2.45, 2.75) is 38.0 Å². The van der Waals surface area contributed by atoms with E-state index >= 15 is 4.39 Å². The summed E-state index contributed by atoms with van der Waals surface area (Å²) >= 11 is 0. The minimum absolute atomic E-state index is 0.0145. The molecule has 1 aliphatic rings. The van der Waals surface area contributed by atoms with Crippen LogP contribution in [0.3, 0.4) is 0 Å². The maximum atomic E-state index is 15.6. The zero-order valence-corrected chi connectivity index (χ0v) is 22.2. The lowest BCUT2D eigenvalue weighted by Crippen LogP contribution is -2.45. The van der Waals surface area contributed by atoms with Gasteiger partial charge >= 0.3 is 0 Å². The van der Waals surface area contributed by atoms with Gasteiger partial charge in [0.2, 0.25) is 0 Å². The Labute approximate surface area is 229 Å². The Morgan fingerprint density at radius 3 is 2.55 bits per heavy atom. The van der Waals surface area contributed by atoms with Crippen molar-refractivity contribution < 1.29 is 23.4 Å². The van der Waals surface area contributed by atoms with Crippen LogP contribution < -0.4 is 4.74 Å². The molecule has 0 aliphatic carbocycles. The summed E-state index contributed by atoms with van der Waals surface area (Å²) in [7, 11) is 1.60. The van der Waals surface area contributed by atoms with Gasteiger partial charge in [0.25, 0.3) is 0 Å². The summed E-state index contributed by atoms with van der Waals surface area (Å²) in [5, 5.41) is 20.4. The molecule has 0 unspecified atom stereocenters. The molecular formula is C30H27F2N5O3. The lowest BCUT2D eigenvalue weighted by atomic mass is 9.86. The second-order valence-corrected chi connectivity index (χ2v) is 10.4. The fourth-order valence-electron chi connectivity index (χ4n) is 5.00. The van der Waals surface area contributed by atoms with Gasteiger partial charge in [-0.2, -0.15) is 0 Å². The largest absolute Gasteiger partial charge is 0.494 e. The number of methoxy groups -OCH3 is 1. The van der Waals surface area contributed by atoms with Crippen LogP contribution in [0.5, 0.6) is 5.75 Å². The maximum absolute atomic E-state index is 15.6. The molecule has 0 radical (unpaired) electrons. The highest BCUT2D eigenvalue weighted by Crippen LogP contribution is 2.42. The summed E-state index contributed by atoms with van der Waals surface area (Å²) < 4.78 is 42.5. The number of halogens is 2. The first-order valence-corrected chi connectivity index (χ1v) is 12.8. The quantitative estimate of drug-likeness (QED) is 0.294. The molecule has 1 atom stereocenters. The van der Waals surface area contributed by atoms with Crippen LogP contribution >= 0.6 is 0 Å². The highest BCUT2D eigenvalue weighted by molar-refractivity contribution is 5.89. The molecule has 3 aromatic heterocycles. The zero-order valence-electron chi connectivity index (χ0n) is 22.2. The molecule has 40 heavy (non-hydrogen) atoms. The first-order valence-electron chi connectivity index (χ1n) is 12.8. The topological polar surface area (TPSA) is 95.2 Å². The lowest BCUT2D eigenvalue weighted by molar-refractivity contribution is -0.167. The van der Waals surface area contributed by atoms with Gasteiger partial charge in [-0.05, 0) is 62.4 Å². The number of nitrogens with zero attached hydrogens (tertiary/aromatic N) is 5. The van der Waals surface area contributed by atoms with Gasteiger partial charge in [-0.25, -0.2) is 18.4 Å². The number of benzene rings is 2. The molecule has 5 aromatic rings. The van der Waals surface area contributed by atoms with Crippen molar-refractivity contribution in [3.8, 4) is 28.3 Å². The molecule has 0 amide bonds. The third-order valence-corrected chi connectivity index (χ3v) is 7.23. The Balaban J connectivity index is 1.39. The van der Waals surface area contributed by atoms with Gasteiger partial charge in [0.15, 0.2) is 5.82 Å². The number of aromatic nitrogens is 5. The van der Waals surface area contributed by atoms with Crippen molar-refractivity contribution in [3.63, 3.8) is 0 Å². The van der Waals surface area contributed by atoms with Gasteiger partial charge in [-0.15, -0.1) is 5.10 Å². The molecule has 1 fully saturated rings. The predicted molar refractivity (Wildman–Crippen MR) is 144 cm³/mol. The van der Waals surface area contributed by atoms with E-state index in [1.165, 1.54) is 38.1 Å². The summed E-state index contributed by atoms with van der Waals surface area (Å²) in [6.07, 6.45) is 4.12. The van der Waals surface area contributed by atoms with E-state index in [-0.39, 0.29) is 17.8 Å². The molecule has 4 heterocycles. The van der Waals surface area contributed by atoms with Crippen molar-refractivity contribution in [2.24, 2.45) is 0 Å². The number of ether oxygens (including phenoxy) is 2. The van der Waals surface area contributed by atoms with Crippen molar-refractivity contribution in [2.75, 3.05) is 13.7 Å². The summed E-state index contributed by atoms with van der Waals surface area (Å²) in [6, 6.07) is 14.6. The molecule has 1 N–H and O–H groups in total. The molecule has 0 bridgehead atoms. The van der Waals surface area contributed by atoms with E-state index in [9.17, 15) is 9.50 Å². The lowest BCUT2D eigenvalue weighted by Gasteiger charge is -2.41. The summed E-state index contributed by atoms with van der Waals surface area (Å²) in [4.78, 5) is 9.04. The number of hydrogen-bond donors (Lipinski definition) is 1. The van der Waals surface area contributed by atoms with Gasteiger partial charge in [0.05, 0.1) is 37.8 Å². The molecule has 1 saturated heterocycles. The highest BCUT2D eigenvalue weighted by Gasteiger charge is 2.44. The predicted octanol–water partition coefficient (Wildman–Crippen LogP) is 5.39. The van der Waals surface area contributed by atoms with E-state index in [1.807, 2.05) is 30.5 Å². The average molecular weight is 544 g/mol. The Hall–Kier alpha value is -4.28. The van der Waals surface area contributed by atoms with Crippen LogP contribution in [0.15, 0.2) is 67.0 Å². The van der Waals surface area contributed by atoms with Crippen LogP contribution in [0.4, 0.5) is 8.78 Å². The molecule has 6 rings (SSSR count). The van der Waals surface area contributed by atoms with Crippen LogP contribution in [0.25, 0.3) is 33.4 Å². The smallest absolute Gasteiger partial charge is 0.155 e. The minimum atomic E-state index is -1.49. The first kappa shape index (κ1) is 26.0. The normalized spacial score (nSPS) is 17.1. The maximum Gasteiger partial charge on any atom is 0.155 e. The third-order valence-electron chi connectivity index (χ3n) is 7.23. The fourth-order valence-corrected chi connectivity index (χ4v) is 5.00.